The second-order valence-corrected chi connectivity index (χ2v) is 5.45. The van der Waals surface area contributed by atoms with Gasteiger partial charge in [0.15, 0.2) is 11.7 Å². The summed E-state index contributed by atoms with van der Waals surface area (Å²) in [6.45, 7) is 5.19. The summed E-state index contributed by atoms with van der Waals surface area (Å²) in [5.74, 6) is -2.89. The topological polar surface area (TPSA) is 100 Å². The van der Waals surface area contributed by atoms with Crippen molar-refractivity contribution in [3.05, 3.63) is 22.5 Å². The monoisotopic (exact) mass is 302 g/mol. The minimum Gasteiger partial charge on any atom is -0.462 e. The van der Waals surface area contributed by atoms with Crippen molar-refractivity contribution in [3.8, 4) is 6.07 Å². The molecule has 0 saturated heterocycles. The first-order valence-corrected chi connectivity index (χ1v) is 7.26. The van der Waals surface area contributed by atoms with E-state index in [-0.39, 0.29) is 24.0 Å². The maximum Gasteiger partial charge on any atom is 0.340 e. The van der Waals surface area contributed by atoms with Gasteiger partial charge in [0.2, 0.25) is 5.78 Å². The summed E-state index contributed by atoms with van der Waals surface area (Å²) in [4.78, 5) is 39.3. The molecular formula is C16H18N2O4. The number of Topliss-reactive ketones (excluding diaryl/α,β-unsaturated/α-hetero) is 2. The molecule has 1 atom stereocenters. The van der Waals surface area contributed by atoms with E-state index in [1.807, 2.05) is 0 Å². The standard InChI is InChI=1S/C16H18N2O4/c1-4-22-16(21)12-8(2)13(18-9(12)3)15(20)11(7-17)14(19)10-5-6-10/h10-11,18H,4-6H2,1-3H3/t11-/m1/s1. The molecule has 1 aliphatic rings. The summed E-state index contributed by atoms with van der Waals surface area (Å²) in [5, 5.41) is 9.17. The summed E-state index contributed by atoms with van der Waals surface area (Å²) in [7, 11) is 0. The highest BCUT2D eigenvalue weighted by Gasteiger charge is 2.40. The van der Waals surface area contributed by atoms with Gasteiger partial charge in [-0.15, -0.1) is 0 Å². The van der Waals surface area contributed by atoms with Gasteiger partial charge in [-0.2, -0.15) is 5.26 Å². The molecule has 1 aromatic heterocycles. The quantitative estimate of drug-likeness (QED) is 0.493. The lowest BCUT2D eigenvalue weighted by molar-refractivity contribution is -0.121. The minimum absolute atomic E-state index is 0.140. The number of aromatic nitrogens is 1. The van der Waals surface area contributed by atoms with Crippen molar-refractivity contribution >= 4 is 17.5 Å². The number of hydrogen-bond acceptors (Lipinski definition) is 5. The third-order valence-corrected chi connectivity index (χ3v) is 3.82. The summed E-state index contributed by atoms with van der Waals surface area (Å²) < 4.78 is 4.96. The number of nitrogens with zero attached hydrogens (tertiary/aromatic N) is 1. The molecule has 0 unspecified atom stereocenters. The predicted molar refractivity (Wildman–Crippen MR) is 77.4 cm³/mol. The Labute approximate surface area is 128 Å². The Morgan fingerprint density at radius 2 is 2.00 bits per heavy atom. The highest BCUT2D eigenvalue weighted by molar-refractivity contribution is 6.14. The normalized spacial score (nSPS) is 15.0. The Morgan fingerprint density at radius 3 is 2.50 bits per heavy atom. The van der Waals surface area contributed by atoms with E-state index in [9.17, 15) is 14.4 Å². The Hall–Kier alpha value is -2.42. The number of hydrogen-bond donors (Lipinski definition) is 1. The van der Waals surface area contributed by atoms with Crippen LogP contribution >= 0.6 is 0 Å². The predicted octanol–water partition coefficient (Wildman–Crippen LogP) is 2.11. The highest BCUT2D eigenvalue weighted by Crippen LogP contribution is 2.33. The summed E-state index contributed by atoms with van der Waals surface area (Å²) in [6.07, 6.45) is 1.47. The summed E-state index contributed by atoms with van der Waals surface area (Å²) in [5.41, 5.74) is 1.35. The maximum absolute atomic E-state index is 12.5. The number of esters is 1. The van der Waals surface area contributed by atoms with Crippen LogP contribution in [0.15, 0.2) is 0 Å². The molecule has 2 rings (SSSR count). The van der Waals surface area contributed by atoms with Gasteiger partial charge in [0.1, 0.15) is 0 Å². The first-order valence-electron chi connectivity index (χ1n) is 7.26. The zero-order valence-corrected chi connectivity index (χ0v) is 12.9. The van der Waals surface area contributed by atoms with Crippen LogP contribution in [0.2, 0.25) is 0 Å². The fourth-order valence-electron chi connectivity index (χ4n) is 2.51. The fourth-order valence-corrected chi connectivity index (χ4v) is 2.51. The van der Waals surface area contributed by atoms with Gasteiger partial charge >= 0.3 is 5.97 Å². The second kappa shape index (κ2) is 6.14. The lowest BCUT2D eigenvalue weighted by atomic mass is 9.93. The van der Waals surface area contributed by atoms with E-state index in [0.717, 1.165) is 12.8 Å². The molecule has 1 aromatic rings. The van der Waals surface area contributed by atoms with Gasteiger partial charge in [-0.3, -0.25) is 9.59 Å². The lowest BCUT2D eigenvalue weighted by Crippen LogP contribution is -2.25. The minimum atomic E-state index is -1.31. The van der Waals surface area contributed by atoms with E-state index < -0.39 is 17.7 Å². The molecule has 0 spiro atoms. The zero-order valence-electron chi connectivity index (χ0n) is 12.9. The summed E-state index contributed by atoms with van der Waals surface area (Å²) >= 11 is 0. The van der Waals surface area contributed by atoms with Crippen LogP contribution in [-0.4, -0.2) is 29.1 Å². The van der Waals surface area contributed by atoms with Crippen molar-refractivity contribution in [1.29, 1.82) is 5.26 Å². The molecule has 0 aromatic carbocycles. The molecule has 1 heterocycles. The van der Waals surface area contributed by atoms with Crippen LogP contribution in [0.1, 0.15) is 51.9 Å². The molecule has 1 fully saturated rings. The van der Waals surface area contributed by atoms with E-state index in [0.29, 0.717) is 16.8 Å². The number of carbonyl (C=O) groups is 3. The van der Waals surface area contributed by atoms with E-state index in [2.05, 4.69) is 4.98 Å². The Balaban J connectivity index is 2.34. The van der Waals surface area contributed by atoms with Gasteiger partial charge in [-0.1, -0.05) is 0 Å². The molecular weight excluding hydrogens is 284 g/mol. The average molecular weight is 302 g/mol. The SMILES string of the molecule is CCOC(=O)c1c(C)[nH]c(C(=O)[C@H](C#N)C(=O)C2CC2)c1C. The van der Waals surface area contributed by atoms with E-state index in [4.69, 9.17) is 10.00 Å². The van der Waals surface area contributed by atoms with Crippen molar-refractivity contribution in [2.75, 3.05) is 6.61 Å². The number of H-pyrrole nitrogens is 1. The number of nitrogens with one attached hydrogen (secondary N) is 1. The largest absolute Gasteiger partial charge is 0.462 e. The summed E-state index contributed by atoms with van der Waals surface area (Å²) in [6, 6.07) is 1.80. The van der Waals surface area contributed by atoms with Gasteiger partial charge < -0.3 is 9.72 Å². The molecule has 0 aliphatic heterocycles. The number of aromatic amines is 1. The van der Waals surface area contributed by atoms with Gasteiger partial charge in [-0.05, 0) is 39.2 Å². The van der Waals surface area contributed by atoms with Crippen molar-refractivity contribution < 1.29 is 19.1 Å². The van der Waals surface area contributed by atoms with Crippen LogP contribution in [0.4, 0.5) is 0 Å². The van der Waals surface area contributed by atoms with Crippen LogP contribution in [-0.2, 0) is 9.53 Å². The Morgan fingerprint density at radius 1 is 1.36 bits per heavy atom. The van der Waals surface area contributed by atoms with Crippen LogP contribution < -0.4 is 0 Å². The molecule has 1 saturated carbocycles. The van der Waals surface area contributed by atoms with Crippen LogP contribution in [0.5, 0.6) is 0 Å². The molecule has 0 amide bonds. The van der Waals surface area contributed by atoms with Crippen LogP contribution in [0.25, 0.3) is 0 Å². The van der Waals surface area contributed by atoms with Gasteiger partial charge in [0.25, 0.3) is 0 Å². The number of rotatable bonds is 6. The number of nitriles is 1. The smallest absolute Gasteiger partial charge is 0.340 e. The van der Waals surface area contributed by atoms with E-state index in [1.165, 1.54) is 0 Å². The Bertz CT molecular complexity index is 677. The fraction of sp³-hybridized carbons (Fsp3) is 0.500. The van der Waals surface area contributed by atoms with Crippen molar-refractivity contribution in [2.45, 2.75) is 33.6 Å². The molecule has 1 N–H and O–H groups in total. The number of carbonyl (C=O) groups excluding carboxylic acids is 3. The van der Waals surface area contributed by atoms with E-state index in [1.54, 1.807) is 26.8 Å². The third kappa shape index (κ3) is 2.80. The Kier molecular flexibility index (Phi) is 4.45. The third-order valence-electron chi connectivity index (χ3n) is 3.82. The average Bonchev–Trinajstić information content (AvgIpc) is 3.26. The molecule has 0 radical (unpaired) electrons. The van der Waals surface area contributed by atoms with Crippen molar-refractivity contribution in [3.63, 3.8) is 0 Å². The maximum atomic E-state index is 12.5. The first-order chi connectivity index (χ1) is 10.4. The van der Waals surface area contributed by atoms with Gasteiger partial charge in [0.05, 0.1) is 23.9 Å². The number of ketones is 2. The van der Waals surface area contributed by atoms with Gasteiger partial charge in [-0.25, -0.2) is 4.79 Å². The first kappa shape index (κ1) is 16.0. The van der Waals surface area contributed by atoms with Gasteiger partial charge in [0, 0.05) is 11.6 Å². The van der Waals surface area contributed by atoms with E-state index >= 15 is 0 Å². The zero-order chi connectivity index (χ0) is 16.4. The van der Waals surface area contributed by atoms with Crippen molar-refractivity contribution in [1.82, 2.24) is 4.98 Å². The molecule has 1 aliphatic carbocycles. The van der Waals surface area contributed by atoms with Crippen LogP contribution in [0, 0.1) is 37.0 Å². The molecule has 22 heavy (non-hydrogen) atoms. The number of aryl methyl sites for hydroxylation is 1. The molecule has 0 bridgehead atoms. The highest BCUT2D eigenvalue weighted by atomic mass is 16.5. The molecule has 6 nitrogen and oxygen atoms in total. The molecule has 6 heteroatoms. The number of ether oxygens (including phenoxy) is 1. The van der Waals surface area contributed by atoms with Crippen LogP contribution in [0.3, 0.4) is 0 Å². The van der Waals surface area contributed by atoms with Crippen molar-refractivity contribution in [2.24, 2.45) is 11.8 Å². The second-order valence-electron chi connectivity index (χ2n) is 5.45. The molecule has 116 valence electrons. The lowest BCUT2D eigenvalue weighted by Gasteiger charge is -2.06.